The molecule has 2 heterocycles. The highest BCUT2D eigenvalue weighted by atomic mass is 79.9. The van der Waals surface area contributed by atoms with Crippen LogP contribution in [0.5, 0.6) is 0 Å². The molecule has 1 unspecified atom stereocenters. The van der Waals surface area contributed by atoms with Crippen molar-refractivity contribution in [1.29, 1.82) is 0 Å². The van der Waals surface area contributed by atoms with E-state index in [4.69, 9.17) is 4.74 Å². The molecule has 0 saturated carbocycles. The van der Waals surface area contributed by atoms with Gasteiger partial charge in [0.25, 0.3) is 0 Å². The molecule has 0 radical (unpaired) electrons. The van der Waals surface area contributed by atoms with Gasteiger partial charge >= 0.3 is 0 Å². The molecular weight excluding hydrogens is 306 g/mol. The van der Waals surface area contributed by atoms with Crippen LogP contribution in [0.25, 0.3) is 0 Å². The Kier molecular flexibility index (Phi) is 5.03. The van der Waals surface area contributed by atoms with E-state index in [2.05, 4.69) is 40.2 Å². The van der Waals surface area contributed by atoms with Gasteiger partial charge in [-0.15, -0.1) is 0 Å². The molecule has 1 aromatic rings. The van der Waals surface area contributed by atoms with E-state index in [1.807, 2.05) is 11.7 Å². The van der Waals surface area contributed by atoms with Gasteiger partial charge in [-0.2, -0.15) is 5.10 Å². The molecule has 0 spiro atoms. The maximum absolute atomic E-state index is 5.66. The third-order valence-electron chi connectivity index (χ3n) is 3.98. The van der Waals surface area contributed by atoms with Crippen molar-refractivity contribution in [3.05, 3.63) is 15.9 Å². The zero-order chi connectivity index (χ0) is 13.9. The van der Waals surface area contributed by atoms with Crippen LogP contribution < -0.4 is 5.32 Å². The lowest BCUT2D eigenvalue weighted by molar-refractivity contribution is 0.148. The SMILES string of the molecule is CCNCC1(Cc2c(Br)c(CC)nn2C)CCOC1. The number of halogens is 1. The van der Waals surface area contributed by atoms with Crippen LogP contribution in [0.15, 0.2) is 4.47 Å². The van der Waals surface area contributed by atoms with Crippen LogP contribution >= 0.6 is 15.9 Å². The molecule has 0 bridgehead atoms. The van der Waals surface area contributed by atoms with Gasteiger partial charge in [-0.3, -0.25) is 4.68 Å². The maximum atomic E-state index is 5.66. The van der Waals surface area contributed by atoms with Crippen molar-refractivity contribution < 1.29 is 4.74 Å². The van der Waals surface area contributed by atoms with Gasteiger partial charge in [0, 0.05) is 25.6 Å². The Morgan fingerprint density at radius 1 is 1.47 bits per heavy atom. The number of hydrogen-bond acceptors (Lipinski definition) is 3. The maximum Gasteiger partial charge on any atom is 0.0766 e. The van der Waals surface area contributed by atoms with Gasteiger partial charge in [0.1, 0.15) is 0 Å². The first-order chi connectivity index (χ1) is 9.12. The number of aromatic nitrogens is 2. The second-order valence-corrected chi connectivity index (χ2v) is 6.24. The molecule has 4 nitrogen and oxygen atoms in total. The lowest BCUT2D eigenvalue weighted by atomic mass is 9.82. The molecule has 1 aliphatic rings. The van der Waals surface area contributed by atoms with Crippen molar-refractivity contribution in [2.24, 2.45) is 12.5 Å². The predicted molar refractivity (Wildman–Crippen MR) is 80.4 cm³/mol. The summed E-state index contributed by atoms with van der Waals surface area (Å²) in [6.45, 7) is 8.04. The molecule has 0 amide bonds. The largest absolute Gasteiger partial charge is 0.381 e. The third-order valence-corrected chi connectivity index (χ3v) is 4.90. The van der Waals surface area contributed by atoms with E-state index in [9.17, 15) is 0 Å². The zero-order valence-electron chi connectivity index (χ0n) is 12.1. The minimum Gasteiger partial charge on any atom is -0.381 e. The third kappa shape index (κ3) is 3.20. The van der Waals surface area contributed by atoms with Gasteiger partial charge in [-0.25, -0.2) is 0 Å². The van der Waals surface area contributed by atoms with Crippen molar-refractivity contribution in [2.75, 3.05) is 26.3 Å². The molecule has 19 heavy (non-hydrogen) atoms. The Morgan fingerprint density at radius 3 is 2.79 bits per heavy atom. The average molecular weight is 330 g/mol. The average Bonchev–Trinajstić information content (AvgIpc) is 2.97. The summed E-state index contributed by atoms with van der Waals surface area (Å²) in [5, 5.41) is 8.08. The van der Waals surface area contributed by atoms with E-state index in [0.29, 0.717) is 0 Å². The molecule has 108 valence electrons. The van der Waals surface area contributed by atoms with Gasteiger partial charge in [0.05, 0.1) is 22.5 Å². The Bertz CT molecular complexity index is 425. The fourth-order valence-electron chi connectivity index (χ4n) is 2.75. The van der Waals surface area contributed by atoms with Crippen molar-refractivity contribution in [3.63, 3.8) is 0 Å². The van der Waals surface area contributed by atoms with E-state index in [0.717, 1.165) is 51.3 Å². The first-order valence-electron chi connectivity index (χ1n) is 7.10. The molecule has 1 atom stereocenters. The molecule has 1 fully saturated rings. The summed E-state index contributed by atoms with van der Waals surface area (Å²) in [5.41, 5.74) is 2.66. The van der Waals surface area contributed by atoms with Gasteiger partial charge in [-0.05, 0) is 41.7 Å². The first-order valence-corrected chi connectivity index (χ1v) is 7.90. The topological polar surface area (TPSA) is 39.1 Å². The molecule has 1 saturated heterocycles. The molecule has 1 N–H and O–H groups in total. The Hall–Kier alpha value is -0.390. The fraction of sp³-hybridized carbons (Fsp3) is 0.786. The highest BCUT2D eigenvalue weighted by Gasteiger charge is 2.36. The normalized spacial score (nSPS) is 23.2. The Labute approximate surface area is 124 Å². The molecule has 2 rings (SSSR count). The number of aryl methyl sites for hydroxylation is 2. The monoisotopic (exact) mass is 329 g/mol. The summed E-state index contributed by atoms with van der Waals surface area (Å²) in [5.74, 6) is 0. The second-order valence-electron chi connectivity index (χ2n) is 5.44. The van der Waals surface area contributed by atoms with Crippen molar-refractivity contribution in [2.45, 2.75) is 33.1 Å². The summed E-state index contributed by atoms with van der Waals surface area (Å²) in [6.07, 6.45) is 3.11. The minimum atomic E-state index is 0.220. The summed E-state index contributed by atoms with van der Waals surface area (Å²) < 4.78 is 8.86. The molecule has 1 aliphatic heterocycles. The van der Waals surface area contributed by atoms with E-state index < -0.39 is 0 Å². The number of nitrogens with one attached hydrogen (secondary N) is 1. The number of ether oxygens (including phenoxy) is 1. The van der Waals surface area contributed by atoms with E-state index >= 15 is 0 Å². The second kappa shape index (κ2) is 6.37. The Balaban J connectivity index is 2.19. The lowest BCUT2D eigenvalue weighted by Gasteiger charge is -2.27. The summed E-state index contributed by atoms with van der Waals surface area (Å²) in [4.78, 5) is 0. The molecule has 0 aromatic carbocycles. The minimum absolute atomic E-state index is 0.220. The lowest BCUT2D eigenvalue weighted by Crippen LogP contribution is -2.37. The molecular formula is C14H24BrN3O. The highest BCUT2D eigenvalue weighted by molar-refractivity contribution is 9.10. The van der Waals surface area contributed by atoms with E-state index in [-0.39, 0.29) is 5.41 Å². The van der Waals surface area contributed by atoms with E-state index in [1.165, 1.54) is 10.2 Å². The van der Waals surface area contributed by atoms with Crippen LogP contribution in [-0.2, 0) is 24.6 Å². The van der Waals surface area contributed by atoms with Crippen LogP contribution in [-0.4, -0.2) is 36.1 Å². The van der Waals surface area contributed by atoms with Crippen LogP contribution in [0.1, 0.15) is 31.7 Å². The zero-order valence-corrected chi connectivity index (χ0v) is 13.7. The fourth-order valence-corrected chi connectivity index (χ4v) is 3.50. The number of hydrogen-bond donors (Lipinski definition) is 1. The van der Waals surface area contributed by atoms with Crippen molar-refractivity contribution >= 4 is 15.9 Å². The summed E-state index contributed by atoms with van der Waals surface area (Å²) >= 11 is 3.72. The van der Waals surface area contributed by atoms with Gasteiger partial charge in [0.15, 0.2) is 0 Å². The van der Waals surface area contributed by atoms with Crippen LogP contribution in [0.4, 0.5) is 0 Å². The predicted octanol–water partition coefficient (Wildman–Crippen LogP) is 2.30. The number of nitrogens with zero attached hydrogens (tertiary/aromatic N) is 2. The van der Waals surface area contributed by atoms with E-state index in [1.54, 1.807) is 0 Å². The Morgan fingerprint density at radius 2 is 2.26 bits per heavy atom. The van der Waals surface area contributed by atoms with Crippen LogP contribution in [0.3, 0.4) is 0 Å². The first kappa shape index (κ1) is 15.0. The number of rotatable bonds is 6. The smallest absolute Gasteiger partial charge is 0.0766 e. The van der Waals surface area contributed by atoms with Crippen LogP contribution in [0.2, 0.25) is 0 Å². The van der Waals surface area contributed by atoms with Crippen molar-refractivity contribution in [1.82, 2.24) is 15.1 Å². The quantitative estimate of drug-likeness (QED) is 0.870. The highest BCUT2D eigenvalue weighted by Crippen LogP contribution is 2.35. The van der Waals surface area contributed by atoms with Gasteiger partial charge < -0.3 is 10.1 Å². The summed E-state index contributed by atoms with van der Waals surface area (Å²) in [6, 6.07) is 0. The molecule has 5 heteroatoms. The molecule has 1 aromatic heterocycles. The van der Waals surface area contributed by atoms with Crippen LogP contribution in [0, 0.1) is 5.41 Å². The standard InChI is InChI=1S/C14H24BrN3O/c1-4-11-13(15)12(18(3)17-11)8-14(9-16-5-2)6-7-19-10-14/h16H,4-10H2,1-3H3. The van der Waals surface area contributed by atoms with Gasteiger partial charge in [0.2, 0.25) is 0 Å². The van der Waals surface area contributed by atoms with Crippen molar-refractivity contribution in [3.8, 4) is 0 Å². The summed E-state index contributed by atoms with van der Waals surface area (Å²) in [7, 11) is 2.04. The van der Waals surface area contributed by atoms with Gasteiger partial charge in [-0.1, -0.05) is 13.8 Å². The molecule has 0 aliphatic carbocycles.